The molecule has 0 aliphatic carbocycles. The smallest absolute Gasteiger partial charge is 0.321 e. The first kappa shape index (κ1) is 15.3. The van der Waals surface area contributed by atoms with Crippen molar-refractivity contribution in [1.29, 1.82) is 0 Å². The van der Waals surface area contributed by atoms with Gasteiger partial charge in [0.05, 0.1) is 6.10 Å². The number of benzene rings is 1. The third-order valence-corrected chi connectivity index (χ3v) is 4.00. The first-order valence-corrected chi connectivity index (χ1v) is 7.45. The van der Waals surface area contributed by atoms with Crippen LogP contribution in [-0.2, 0) is 0 Å². The average Bonchev–Trinajstić information content (AvgIpc) is 2.37. The molecule has 0 saturated carbocycles. The Morgan fingerprint density at radius 3 is 2.95 bits per heavy atom. The fraction of sp³-hybridized carbons (Fsp3) is 0.500. The second-order valence-electron chi connectivity index (χ2n) is 5.18. The monoisotopic (exact) mass is 344 g/mol. The molecule has 0 bridgehead atoms. The maximum atomic E-state index is 13.3. The Balaban J connectivity index is 2.00. The highest BCUT2D eigenvalue weighted by molar-refractivity contribution is 9.10. The van der Waals surface area contributed by atoms with Crippen molar-refractivity contribution in [3.63, 3.8) is 0 Å². The van der Waals surface area contributed by atoms with E-state index < -0.39 is 11.9 Å². The van der Waals surface area contributed by atoms with E-state index in [1.807, 2.05) is 0 Å². The largest absolute Gasteiger partial charge is 0.393 e. The normalized spacial score (nSPS) is 20.6. The van der Waals surface area contributed by atoms with Gasteiger partial charge in [-0.2, -0.15) is 0 Å². The number of urea groups is 1. The average molecular weight is 345 g/mol. The molecule has 6 heteroatoms. The number of amides is 2. The van der Waals surface area contributed by atoms with Gasteiger partial charge in [-0.15, -0.1) is 0 Å². The van der Waals surface area contributed by atoms with Gasteiger partial charge in [0.15, 0.2) is 0 Å². The number of hydrogen-bond acceptors (Lipinski definition) is 2. The summed E-state index contributed by atoms with van der Waals surface area (Å²) in [4.78, 5) is 13.8. The highest BCUT2D eigenvalue weighted by Gasteiger charge is 2.26. The standard InChI is InChI=1S/C14H18BrFN2O2/c1-9(19)10-3-2-4-18(8-10)14(20)17-13-6-11(15)5-12(16)7-13/h5-7,9-10,19H,2-4,8H2,1H3,(H,17,20)/t9-,10+/m1/s1. The van der Waals surface area contributed by atoms with Crippen molar-refractivity contribution in [2.75, 3.05) is 18.4 Å². The van der Waals surface area contributed by atoms with Gasteiger partial charge >= 0.3 is 6.03 Å². The zero-order valence-electron chi connectivity index (χ0n) is 11.3. The summed E-state index contributed by atoms with van der Waals surface area (Å²) in [6.45, 7) is 2.93. The molecule has 0 spiro atoms. The Hall–Kier alpha value is -1.14. The number of aliphatic hydroxyl groups excluding tert-OH is 1. The summed E-state index contributed by atoms with van der Waals surface area (Å²) in [6, 6.07) is 4.00. The van der Waals surface area contributed by atoms with Crippen LogP contribution < -0.4 is 5.32 Å². The Morgan fingerprint density at radius 1 is 1.55 bits per heavy atom. The fourth-order valence-electron chi connectivity index (χ4n) is 2.42. The lowest BCUT2D eigenvalue weighted by molar-refractivity contribution is 0.0766. The van der Waals surface area contributed by atoms with Crippen molar-refractivity contribution >= 4 is 27.6 Å². The quantitative estimate of drug-likeness (QED) is 0.865. The van der Waals surface area contributed by atoms with E-state index in [4.69, 9.17) is 0 Å². The van der Waals surface area contributed by atoms with Gasteiger partial charge < -0.3 is 15.3 Å². The van der Waals surface area contributed by atoms with E-state index in [1.165, 1.54) is 12.1 Å². The molecular weight excluding hydrogens is 327 g/mol. The molecule has 0 aromatic heterocycles. The van der Waals surface area contributed by atoms with Crippen molar-refractivity contribution < 1.29 is 14.3 Å². The van der Waals surface area contributed by atoms with Crippen molar-refractivity contribution in [1.82, 2.24) is 4.90 Å². The van der Waals surface area contributed by atoms with Crippen LogP contribution in [-0.4, -0.2) is 35.2 Å². The SMILES string of the molecule is C[C@@H](O)[C@H]1CCCN(C(=O)Nc2cc(F)cc(Br)c2)C1. The number of carbonyl (C=O) groups excluding carboxylic acids is 1. The molecule has 0 radical (unpaired) electrons. The number of halogens is 2. The Labute approximate surface area is 126 Å². The van der Waals surface area contributed by atoms with E-state index in [9.17, 15) is 14.3 Å². The summed E-state index contributed by atoms with van der Waals surface area (Å²) in [5, 5.41) is 12.3. The maximum Gasteiger partial charge on any atom is 0.321 e. The van der Waals surface area contributed by atoms with Crippen molar-refractivity contribution in [2.45, 2.75) is 25.9 Å². The van der Waals surface area contributed by atoms with E-state index >= 15 is 0 Å². The molecule has 1 aliphatic rings. The molecule has 2 amide bonds. The lowest BCUT2D eigenvalue weighted by atomic mass is 9.94. The first-order valence-electron chi connectivity index (χ1n) is 6.66. The Bertz CT molecular complexity index is 476. The van der Waals surface area contributed by atoms with Gasteiger partial charge in [-0.25, -0.2) is 9.18 Å². The molecule has 1 aromatic carbocycles. The van der Waals surface area contributed by atoms with Crippen LogP contribution in [0.15, 0.2) is 22.7 Å². The number of hydrogen-bond donors (Lipinski definition) is 2. The minimum absolute atomic E-state index is 0.105. The van der Waals surface area contributed by atoms with E-state index in [2.05, 4.69) is 21.2 Å². The highest BCUT2D eigenvalue weighted by Crippen LogP contribution is 2.22. The van der Waals surface area contributed by atoms with E-state index in [0.717, 1.165) is 12.8 Å². The second kappa shape index (κ2) is 6.54. The minimum Gasteiger partial charge on any atom is -0.393 e. The number of anilines is 1. The van der Waals surface area contributed by atoms with Gasteiger partial charge in [0, 0.05) is 29.2 Å². The number of rotatable bonds is 2. The third-order valence-electron chi connectivity index (χ3n) is 3.54. The van der Waals surface area contributed by atoms with Crippen LogP contribution in [0.2, 0.25) is 0 Å². The van der Waals surface area contributed by atoms with E-state index in [0.29, 0.717) is 23.2 Å². The minimum atomic E-state index is -0.422. The molecule has 4 nitrogen and oxygen atoms in total. The summed E-state index contributed by atoms with van der Waals surface area (Å²) in [5.74, 6) is -0.302. The lowest BCUT2D eigenvalue weighted by Crippen LogP contribution is -2.44. The highest BCUT2D eigenvalue weighted by atomic mass is 79.9. The van der Waals surface area contributed by atoms with E-state index in [-0.39, 0.29) is 11.9 Å². The fourth-order valence-corrected chi connectivity index (χ4v) is 2.88. The third kappa shape index (κ3) is 3.93. The Morgan fingerprint density at radius 2 is 2.30 bits per heavy atom. The molecule has 2 rings (SSSR count). The first-order chi connectivity index (χ1) is 9.45. The van der Waals surface area contributed by atoms with Crippen molar-refractivity contribution in [3.05, 3.63) is 28.5 Å². The van der Waals surface area contributed by atoms with Gasteiger partial charge in [-0.3, -0.25) is 0 Å². The van der Waals surface area contributed by atoms with Crippen LogP contribution in [0, 0.1) is 11.7 Å². The summed E-state index contributed by atoms with van der Waals surface area (Å²) in [6.07, 6.45) is 1.37. The van der Waals surface area contributed by atoms with Gasteiger partial charge in [-0.05, 0) is 38.0 Å². The number of piperidine rings is 1. The van der Waals surface area contributed by atoms with Crippen LogP contribution in [0.3, 0.4) is 0 Å². The van der Waals surface area contributed by atoms with Crippen LogP contribution in [0.5, 0.6) is 0 Å². The second-order valence-corrected chi connectivity index (χ2v) is 6.09. The number of carbonyl (C=O) groups is 1. The predicted octanol–water partition coefficient (Wildman–Crippen LogP) is 3.21. The topological polar surface area (TPSA) is 52.6 Å². The molecule has 1 heterocycles. The van der Waals surface area contributed by atoms with Gasteiger partial charge in [0.2, 0.25) is 0 Å². The lowest BCUT2D eigenvalue weighted by Gasteiger charge is -2.34. The van der Waals surface area contributed by atoms with Gasteiger partial charge in [0.1, 0.15) is 5.82 Å². The molecular formula is C14H18BrFN2O2. The molecule has 1 aliphatic heterocycles. The summed E-state index contributed by atoms with van der Waals surface area (Å²) in [5.41, 5.74) is 0.418. The van der Waals surface area contributed by atoms with Crippen LogP contribution in [0.4, 0.5) is 14.9 Å². The van der Waals surface area contributed by atoms with Crippen LogP contribution in [0.1, 0.15) is 19.8 Å². The van der Waals surface area contributed by atoms with Gasteiger partial charge in [0.25, 0.3) is 0 Å². The molecule has 1 fully saturated rings. The van der Waals surface area contributed by atoms with Crippen LogP contribution in [0.25, 0.3) is 0 Å². The summed E-state index contributed by atoms with van der Waals surface area (Å²) >= 11 is 3.19. The molecule has 1 aromatic rings. The number of aliphatic hydroxyl groups is 1. The van der Waals surface area contributed by atoms with Crippen LogP contribution >= 0.6 is 15.9 Å². The Kier molecular flexibility index (Phi) is 4.99. The number of nitrogens with zero attached hydrogens (tertiary/aromatic N) is 1. The summed E-state index contributed by atoms with van der Waals surface area (Å²) in [7, 11) is 0. The zero-order valence-corrected chi connectivity index (χ0v) is 12.9. The molecule has 2 atom stereocenters. The molecule has 110 valence electrons. The molecule has 20 heavy (non-hydrogen) atoms. The van der Waals surface area contributed by atoms with Crippen molar-refractivity contribution in [2.24, 2.45) is 5.92 Å². The van der Waals surface area contributed by atoms with Crippen molar-refractivity contribution in [3.8, 4) is 0 Å². The maximum absolute atomic E-state index is 13.3. The number of likely N-dealkylation sites (tertiary alicyclic amines) is 1. The van der Waals surface area contributed by atoms with E-state index in [1.54, 1.807) is 17.9 Å². The molecule has 0 unspecified atom stereocenters. The molecule has 1 saturated heterocycles. The zero-order chi connectivity index (χ0) is 14.7. The molecule has 2 N–H and O–H groups in total. The predicted molar refractivity (Wildman–Crippen MR) is 79.1 cm³/mol. The van der Waals surface area contributed by atoms with Gasteiger partial charge in [-0.1, -0.05) is 15.9 Å². The number of nitrogens with one attached hydrogen (secondary N) is 1. The summed E-state index contributed by atoms with van der Waals surface area (Å²) < 4.78 is 13.8.